The van der Waals surface area contributed by atoms with Crippen molar-refractivity contribution in [3.8, 4) is 0 Å². The lowest BCUT2D eigenvalue weighted by atomic mass is 10.1. The van der Waals surface area contributed by atoms with E-state index in [0.717, 1.165) is 43.7 Å². The largest absolute Gasteiger partial charge is 0.374 e. The zero-order chi connectivity index (χ0) is 13.7. The Kier molecular flexibility index (Phi) is 5.82. The van der Waals surface area contributed by atoms with Crippen LogP contribution < -0.4 is 5.32 Å². The predicted octanol–water partition coefficient (Wildman–Crippen LogP) is 2.22. The number of hydrogen-bond donors (Lipinski definition) is 1. The molecule has 1 aromatic rings. The number of morpholine rings is 1. The highest BCUT2D eigenvalue weighted by Crippen LogP contribution is 2.16. The molecule has 19 heavy (non-hydrogen) atoms. The molecule has 0 saturated carbocycles. The molecule has 0 aliphatic carbocycles. The average Bonchev–Trinajstić information content (AvgIpc) is 2.41. The number of rotatable bonds is 5. The molecule has 0 aromatic heterocycles. The van der Waals surface area contributed by atoms with E-state index in [2.05, 4.69) is 58.3 Å². The zero-order valence-electron chi connectivity index (χ0n) is 11.8. The maximum absolute atomic E-state index is 5.73. The van der Waals surface area contributed by atoms with E-state index in [1.54, 1.807) is 0 Å². The van der Waals surface area contributed by atoms with Crippen LogP contribution in [0.4, 0.5) is 0 Å². The van der Waals surface area contributed by atoms with Crippen molar-refractivity contribution in [3.63, 3.8) is 0 Å². The topological polar surface area (TPSA) is 24.5 Å². The summed E-state index contributed by atoms with van der Waals surface area (Å²) in [4.78, 5) is 2.36. The van der Waals surface area contributed by atoms with Crippen LogP contribution in [0.2, 0.25) is 0 Å². The fourth-order valence-corrected chi connectivity index (χ4v) is 2.81. The normalized spacial score (nSPS) is 19.9. The Morgan fingerprint density at radius 1 is 1.47 bits per heavy atom. The number of aryl methyl sites for hydroxylation is 1. The van der Waals surface area contributed by atoms with Gasteiger partial charge >= 0.3 is 0 Å². The first kappa shape index (κ1) is 15.0. The lowest BCUT2D eigenvalue weighted by Gasteiger charge is -2.28. The molecule has 1 unspecified atom stereocenters. The van der Waals surface area contributed by atoms with Gasteiger partial charge in [0.15, 0.2) is 0 Å². The molecule has 4 heteroatoms. The van der Waals surface area contributed by atoms with Crippen molar-refractivity contribution in [1.29, 1.82) is 0 Å². The Morgan fingerprint density at radius 2 is 2.32 bits per heavy atom. The Balaban J connectivity index is 1.79. The van der Waals surface area contributed by atoms with E-state index in [9.17, 15) is 0 Å². The first-order valence-corrected chi connectivity index (χ1v) is 7.70. The molecule has 0 amide bonds. The summed E-state index contributed by atoms with van der Waals surface area (Å²) in [5.41, 5.74) is 2.79. The van der Waals surface area contributed by atoms with Crippen molar-refractivity contribution in [2.24, 2.45) is 0 Å². The van der Waals surface area contributed by atoms with E-state index in [4.69, 9.17) is 4.74 Å². The summed E-state index contributed by atoms with van der Waals surface area (Å²) in [7, 11) is 2.17. The van der Waals surface area contributed by atoms with Gasteiger partial charge in [0.25, 0.3) is 0 Å². The molecule has 1 atom stereocenters. The number of nitrogens with zero attached hydrogens (tertiary/aromatic N) is 1. The molecule has 3 nitrogen and oxygen atoms in total. The van der Waals surface area contributed by atoms with Crippen molar-refractivity contribution in [3.05, 3.63) is 33.8 Å². The molecule has 1 heterocycles. The van der Waals surface area contributed by atoms with Crippen molar-refractivity contribution in [2.75, 3.05) is 39.8 Å². The second-order valence-electron chi connectivity index (χ2n) is 5.28. The number of ether oxygens (including phenoxy) is 1. The number of nitrogens with one attached hydrogen (secondary N) is 1. The summed E-state index contributed by atoms with van der Waals surface area (Å²) in [5, 5.41) is 3.37. The van der Waals surface area contributed by atoms with Crippen LogP contribution in [0.5, 0.6) is 0 Å². The van der Waals surface area contributed by atoms with E-state index in [0.29, 0.717) is 6.10 Å². The van der Waals surface area contributed by atoms with Gasteiger partial charge in [0.05, 0.1) is 12.7 Å². The first-order valence-electron chi connectivity index (χ1n) is 6.91. The SMILES string of the molecule is Cc1ccc(Br)cc1CCN(C)CC1CNCCO1. The van der Waals surface area contributed by atoms with Gasteiger partial charge in [-0.25, -0.2) is 0 Å². The molecule has 1 aromatic carbocycles. The summed E-state index contributed by atoms with van der Waals surface area (Å²) in [6, 6.07) is 6.50. The third-order valence-electron chi connectivity index (χ3n) is 3.59. The monoisotopic (exact) mass is 326 g/mol. The Hall–Kier alpha value is -0.420. The number of halogens is 1. The zero-order valence-corrected chi connectivity index (χ0v) is 13.4. The van der Waals surface area contributed by atoms with Gasteiger partial charge in [-0.15, -0.1) is 0 Å². The molecule has 1 fully saturated rings. The van der Waals surface area contributed by atoms with E-state index < -0.39 is 0 Å². The van der Waals surface area contributed by atoms with Gasteiger partial charge in [0.2, 0.25) is 0 Å². The fraction of sp³-hybridized carbons (Fsp3) is 0.600. The van der Waals surface area contributed by atoms with Crippen LogP contribution in [0.1, 0.15) is 11.1 Å². The lowest BCUT2D eigenvalue weighted by Crippen LogP contribution is -2.44. The average molecular weight is 327 g/mol. The van der Waals surface area contributed by atoms with Crippen LogP contribution in [0, 0.1) is 6.92 Å². The maximum Gasteiger partial charge on any atom is 0.0826 e. The summed E-state index contributed by atoms with van der Waals surface area (Å²) in [5.74, 6) is 0. The molecular formula is C15H23BrN2O. The van der Waals surface area contributed by atoms with Gasteiger partial charge in [-0.2, -0.15) is 0 Å². The standard InChI is InChI=1S/C15H23BrN2O/c1-12-3-4-14(16)9-13(12)5-7-18(2)11-15-10-17-6-8-19-15/h3-4,9,15,17H,5-8,10-11H2,1-2H3. The van der Waals surface area contributed by atoms with E-state index >= 15 is 0 Å². The molecular weight excluding hydrogens is 304 g/mol. The molecule has 0 spiro atoms. The minimum Gasteiger partial charge on any atom is -0.374 e. The Bertz CT molecular complexity index is 405. The molecule has 1 aliphatic heterocycles. The molecule has 1 aliphatic rings. The van der Waals surface area contributed by atoms with Crippen molar-refractivity contribution < 1.29 is 4.74 Å². The number of hydrogen-bond acceptors (Lipinski definition) is 3. The van der Waals surface area contributed by atoms with Crippen LogP contribution in [0.25, 0.3) is 0 Å². The van der Waals surface area contributed by atoms with Crippen LogP contribution in [0.15, 0.2) is 22.7 Å². The van der Waals surface area contributed by atoms with E-state index in [1.807, 2.05) is 0 Å². The van der Waals surface area contributed by atoms with Gasteiger partial charge < -0.3 is 15.0 Å². The van der Waals surface area contributed by atoms with Crippen LogP contribution >= 0.6 is 15.9 Å². The number of likely N-dealkylation sites (N-methyl/N-ethyl adjacent to an activating group) is 1. The summed E-state index contributed by atoms with van der Waals surface area (Å²) in [6.45, 7) is 7.04. The van der Waals surface area contributed by atoms with Gasteiger partial charge in [0.1, 0.15) is 0 Å². The van der Waals surface area contributed by atoms with Crippen molar-refractivity contribution in [1.82, 2.24) is 10.2 Å². The van der Waals surface area contributed by atoms with Crippen molar-refractivity contribution >= 4 is 15.9 Å². The van der Waals surface area contributed by atoms with Crippen molar-refractivity contribution in [2.45, 2.75) is 19.4 Å². The van der Waals surface area contributed by atoms with Gasteiger partial charge in [-0.05, 0) is 43.7 Å². The summed E-state index contributed by atoms with van der Waals surface area (Å²) >= 11 is 3.54. The smallest absolute Gasteiger partial charge is 0.0826 e. The Morgan fingerprint density at radius 3 is 3.05 bits per heavy atom. The van der Waals surface area contributed by atoms with E-state index in [-0.39, 0.29) is 0 Å². The lowest BCUT2D eigenvalue weighted by molar-refractivity contribution is 0.0103. The minimum absolute atomic E-state index is 0.336. The highest BCUT2D eigenvalue weighted by molar-refractivity contribution is 9.10. The molecule has 0 radical (unpaired) electrons. The summed E-state index contributed by atoms with van der Waals surface area (Å²) in [6.07, 6.45) is 1.42. The third-order valence-corrected chi connectivity index (χ3v) is 4.09. The quantitative estimate of drug-likeness (QED) is 0.898. The molecule has 106 valence electrons. The third kappa shape index (κ3) is 4.88. The maximum atomic E-state index is 5.73. The van der Waals surface area contributed by atoms with E-state index in [1.165, 1.54) is 11.1 Å². The van der Waals surface area contributed by atoms with Gasteiger partial charge in [0, 0.05) is 30.7 Å². The highest BCUT2D eigenvalue weighted by Gasteiger charge is 2.15. The van der Waals surface area contributed by atoms with Crippen LogP contribution in [-0.4, -0.2) is 50.8 Å². The summed E-state index contributed by atoms with van der Waals surface area (Å²) < 4.78 is 6.89. The highest BCUT2D eigenvalue weighted by atomic mass is 79.9. The minimum atomic E-state index is 0.336. The second kappa shape index (κ2) is 7.39. The van der Waals surface area contributed by atoms with Gasteiger partial charge in [-0.1, -0.05) is 22.0 Å². The van der Waals surface area contributed by atoms with Crippen LogP contribution in [-0.2, 0) is 11.2 Å². The van der Waals surface area contributed by atoms with Gasteiger partial charge in [-0.3, -0.25) is 0 Å². The second-order valence-corrected chi connectivity index (χ2v) is 6.20. The first-order chi connectivity index (χ1) is 9.15. The Labute approximate surface area is 124 Å². The van der Waals surface area contributed by atoms with Crippen LogP contribution in [0.3, 0.4) is 0 Å². The fourth-order valence-electron chi connectivity index (χ4n) is 2.40. The molecule has 1 saturated heterocycles. The predicted molar refractivity (Wildman–Crippen MR) is 82.7 cm³/mol. The number of benzene rings is 1. The molecule has 2 rings (SSSR count). The molecule has 0 bridgehead atoms. The molecule has 1 N–H and O–H groups in total.